The molecule has 1 aliphatic carbocycles. The van der Waals surface area contributed by atoms with Crippen molar-refractivity contribution in [2.45, 2.75) is 44.8 Å². The third-order valence-electron chi connectivity index (χ3n) is 5.72. The number of nitrogens with two attached hydrogens (primary N) is 1. The van der Waals surface area contributed by atoms with Gasteiger partial charge in [0.15, 0.2) is 11.6 Å². The van der Waals surface area contributed by atoms with Gasteiger partial charge in [0.05, 0.1) is 24.2 Å². The Hall–Kier alpha value is -2.61. The number of carbonyl (C=O) groups is 1. The van der Waals surface area contributed by atoms with Crippen molar-refractivity contribution in [2.75, 3.05) is 18.6 Å². The lowest BCUT2D eigenvalue weighted by molar-refractivity contribution is 0.0695. The van der Waals surface area contributed by atoms with Gasteiger partial charge < -0.3 is 25.0 Å². The van der Waals surface area contributed by atoms with Crippen LogP contribution in [0.3, 0.4) is 0 Å². The van der Waals surface area contributed by atoms with Crippen LogP contribution in [0.4, 0.5) is 10.1 Å². The standard InChI is InChI=1S/C20H24FN3O4/c1-10-3-6-15(22)24(8-10)17-14(21)7-12-16(19(17)28-2)23(11-4-5-11)9-13(18(12)25)20(26)27/h7,9-11,15H,3-6,8,22H2,1-2H3,(H,26,27). The lowest BCUT2D eigenvalue weighted by atomic mass is 9.96. The van der Waals surface area contributed by atoms with E-state index in [4.69, 9.17) is 10.5 Å². The Bertz CT molecular complexity index is 1010. The minimum atomic E-state index is -1.32. The molecule has 0 radical (unpaired) electrons. The number of aromatic carboxylic acids is 1. The minimum absolute atomic E-state index is 0.0172. The van der Waals surface area contributed by atoms with Crippen molar-refractivity contribution in [1.82, 2.24) is 4.57 Å². The molecule has 1 aliphatic heterocycles. The molecule has 2 heterocycles. The minimum Gasteiger partial charge on any atom is -0.492 e. The van der Waals surface area contributed by atoms with Gasteiger partial charge in [-0.3, -0.25) is 4.79 Å². The maximum Gasteiger partial charge on any atom is 0.341 e. The molecular formula is C20H24FN3O4. The Labute approximate surface area is 161 Å². The zero-order chi connectivity index (χ0) is 20.2. The molecule has 1 saturated heterocycles. The van der Waals surface area contributed by atoms with Crippen LogP contribution in [0.2, 0.25) is 0 Å². The molecule has 8 heteroatoms. The van der Waals surface area contributed by atoms with Crippen LogP contribution in [0.15, 0.2) is 17.1 Å². The number of ether oxygens (including phenoxy) is 1. The van der Waals surface area contributed by atoms with Gasteiger partial charge in [0, 0.05) is 18.8 Å². The van der Waals surface area contributed by atoms with E-state index in [1.54, 1.807) is 9.47 Å². The zero-order valence-corrected chi connectivity index (χ0v) is 15.9. The van der Waals surface area contributed by atoms with Gasteiger partial charge in [-0.2, -0.15) is 0 Å². The normalized spacial score (nSPS) is 22.5. The lowest BCUT2D eigenvalue weighted by Crippen LogP contribution is -2.48. The number of halogens is 1. The maximum absolute atomic E-state index is 15.2. The molecule has 2 unspecified atom stereocenters. The van der Waals surface area contributed by atoms with Crippen molar-refractivity contribution in [2.24, 2.45) is 11.7 Å². The number of carboxylic acids is 1. The zero-order valence-electron chi connectivity index (χ0n) is 15.9. The highest BCUT2D eigenvalue weighted by atomic mass is 19.1. The van der Waals surface area contributed by atoms with Gasteiger partial charge in [-0.05, 0) is 37.7 Å². The van der Waals surface area contributed by atoms with Crippen LogP contribution in [0.25, 0.3) is 10.9 Å². The van der Waals surface area contributed by atoms with Gasteiger partial charge in [0.25, 0.3) is 0 Å². The number of aromatic nitrogens is 1. The van der Waals surface area contributed by atoms with Gasteiger partial charge in [0.1, 0.15) is 11.3 Å². The predicted molar refractivity (Wildman–Crippen MR) is 104 cm³/mol. The topological polar surface area (TPSA) is 97.8 Å². The first-order valence-electron chi connectivity index (χ1n) is 9.54. The summed E-state index contributed by atoms with van der Waals surface area (Å²) < 4.78 is 22.6. The van der Waals surface area contributed by atoms with Crippen LogP contribution in [0.1, 0.15) is 49.0 Å². The number of piperidine rings is 1. The van der Waals surface area contributed by atoms with Gasteiger partial charge in [0.2, 0.25) is 5.43 Å². The van der Waals surface area contributed by atoms with E-state index < -0.39 is 17.2 Å². The molecule has 2 atom stereocenters. The molecule has 0 bridgehead atoms. The Balaban J connectivity index is 2.04. The largest absolute Gasteiger partial charge is 0.492 e. The summed E-state index contributed by atoms with van der Waals surface area (Å²) in [4.78, 5) is 26.1. The SMILES string of the molecule is COc1c(N2CC(C)CCC2N)c(F)cc2c(=O)c(C(=O)O)cn(C3CC3)c12. The highest BCUT2D eigenvalue weighted by Crippen LogP contribution is 2.44. The molecule has 2 fully saturated rings. The van der Waals surface area contributed by atoms with Gasteiger partial charge >= 0.3 is 5.97 Å². The molecule has 150 valence electrons. The van der Waals surface area contributed by atoms with Crippen molar-refractivity contribution in [3.63, 3.8) is 0 Å². The van der Waals surface area contributed by atoms with Crippen LogP contribution in [0, 0.1) is 11.7 Å². The third-order valence-corrected chi connectivity index (χ3v) is 5.72. The molecule has 1 aromatic heterocycles. The highest BCUT2D eigenvalue weighted by molar-refractivity contribution is 5.97. The molecule has 0 spiro atoms. The van der Waals surface area contributed by atoms with Crippen molar-refractivity contribution >= 4 is 22.6 Å². The Morgan fingerprint density at radius 1 is 1.32 bits per heavy atom. The van der Waals surface area contributed by atoms with E-state index in [1.807, 2.05) is 0 Å². The number of methoxy groups -OCH3 is 1. The fourth-order valence-corrected chi connectivity index (χ4v) is 4.13. The molecule has 1 saturated carbocycles. The van der Waals surface area contributed by atoms with E-state index in [1.165, 1.54) is 13.3 Å². The predicted octanol–water partition coefficient (Wildman–Crippen LogP) is 2.70. The van der Waals surface area contributed by atoms with Gasteiger partial charge in [-0.25, -0.2) is 9.18 Å². The third kappa shape index (κ3) is 2.92. The van der Waals surface area contributed by atoms with E-state index in [-0.39, 0.29) is 34.6 Å². The van der Waals surface area contributed by atoms with E-state index in [2.05, 4.69) is 6.92 Å². The summed E-state index contributed by atoms with van der Waals surface area (Å²) in [5.41, 5.74) is 5.87. The van der Waals surface area contributed by atoms with Crippen molar-refractivity contribution < 1.29 is 19.0 Å². The second-order valence-corrected chi connectivity index (χ2v) is 7.85. The number of fused-ring (bicyclic) bond motifs is 1. The van der Waals surface area contributed by atoms with E-state index >= 15 is 4.39 Å². The average Bonchev–Trinajstić information content (AvgIpc) is 3.48. The Kier molecular flexibility index (Phi) is 4.53. The summed E-state index contributed by atoms with van der Waals surface area (Å²) in [7, 11) is 1.43. The van der Waals surface area contributed by atoms with Crippen LogP contribution >= 0.6 is 0 Å². The van der Waals surface area contributed by atoms with E-state index in [0.29, 0.717) is 18.0 Å². The smallest absolute Gasteiger partial charge is 0.341 e. The van der Waals surface area contributed by atoms with Crippen molar-refractivity contribution in [3.05, 3.63) is 33.9 Å². The first-order valence-corrected chi connectivity index (χ1v) is 9.54. The number of rotatable bonds is 4. The Morgan fingerprint density at radius 2 is 2.04 bits per heavy atom. The molecule has 3 N–H and O–H groups in total. The molecule has 0 amide bonds. The summed E-state index contributed by atoms with van der Waals surface area (Å²) in [5, 5.41) is 9.42. The van der Waals surface area contributed by atoms with Gasteiger partial charge in [-0.1, -0.05) is 6.92 Å². The van der Waals surface area contributed by atoms with Crippen LogP contribution < -0.4 is 20.8 Å². The summed E-state index contributed by atoms with van der Waals surface area (Å²) in [6.45, 7) is 2.67. The molecule has 4 rings (SSSR count). The first-order chi connectivity index (χ1) is 13.3. The summed E-state index contributed by atoms with van der Waals surface area (Å²) in [5.74, 6) is -1.37. The van der Waals surface area contributed by atoms with Crippen molar-refractivity contribution in [3.8, 4) is 5.75 Å². The van der Waals surface area contributed by atoms with E-state index in [9.17, 15) is 14.7 Å². The lowest BCUT2D eigenvalue weighted by Gasteiger charge is -2.39. The number of hydrogen-bond acceptors (Lipinski definition) is 5. The molecule has 2 aliphatic rings. The number of hydrogen-bond donors (Lipinski definition) is 2. The number of pyridine rings is 1. The monoisotopic (exact) mass is 389 g/mol. The molecular weight excluding hydrogens is 365 g/mol. The van der Waals surface area contributed by atoms with Crippen LogP contribution in [-0.4, -0.2) is 35.5 Å². The maximum atomic E-state index is 15.2. The Morgan fingerprint density at radius 3 is 2.64 bits per heavy atom. The summed E-state index contributed by atoms with van der Waals surface area (Å²) in [6.07, 6.45) is 4.43. The number of nitrogens with zero attached hydrogens (tertiary/aromatic N) is 2. The molecule has 2 aromatic rings. The highest BCUT2D eigenvalue weighted by Gasteiger charge is 2.33. The average molecular weight is 389 g/mol. The van der Waals surface area contributed by atoms with Crippen molar-refractivity contribution in [1.29, 1.82) is 0 Å². The second-order valence-electron chi connectivity index (χ2n) is 7.85. The second kappa shape index (κ2) is 6.77. The van der Waals surface area contributed by atoms with E-state index in [0.717, 1.165) is 31.7 Å². The van der Waals surface area contributed by atoms with Crippen LogP contribution in [0.5, 0.6) is 5.75 Å². The quantitative estimate of drug-likeness (QED) is 0.834. The summed E-state index contributed by atoms with van der Waals surface area (Å²) >= 11 is 0. The molecule has 1 aromatic carbocycles. The number of carboxylic acid groups (broad SMARTS) is 1. The first kappa shape index (κ1) is 18.7. The van der Waals surface area contributed by atoms with Gasteiger partial charge in [-0.15, -0.1) is 0 Å². The summed E-state index contributed by atoms with van der Waals surface area (Å²) in [6, 6.07) is 1.20. The molecule has 7 nitrogen and oxygen atoms in total. The fourth-order valence-electron chi connectivity index (χ4n) is 4.13. The number of benzene rings is 1. The fraction of sp³-hybridized carbons (Fsp3) is 0.500. The number of anilines is 1. The van der Waals surface area contributed by atoms with Crippen LogP contribution in [-0.2, 0) is 0 Å². The molecule has 28 heavy (non-hydrogen) atoms.